The number of amides is 1. The van der Waals surface area contributed by atoms with Crippen LogP contribution in [0.3, 0.4) is 0 Å². The highest BCUT2D eigenvalue weighted by Crippen LogP contribution is 2.37. The topological polar surface area (TPSA) is 86.6 Å². The number of hydrogen-bond acceptors (Lipinski definition) is 5. The predicted octanol–water partition coefficient (Wildman–Crippen LogP) is 5.40. The molecule has 0 radical (unpaired) electrons. The van der Waals surface area contributed by atoms with Crippen molar-refractivity contribution in [3.63, 3.8) is 0 Å². The lowest BCUT2D eigenvalue weighted by molar-refractivity contribution is 0.0971. The lowest BCUT2D eigenvalue weighted by atomic mass is 9.92. The average Bonchev–Trinajstić information content (AvgIpc) is 2.85. The number of Topliss-reactive ketones (excluding diaryl/α,β-unsaturated/α-hetero) is 1. The molecule has 1 heterocycles. The fourth-order valence-electron chi connectivity index (χ4n) is 4.27. The van der Waals surface area contributed by atoms with E-state index in [9.17, 15) is 14.4 Å². The van der Waals surface area contributed by atoms with Crippen LogP contribution in [0.25, 0.3) is 5.69 Å². The maximum absolute atomic E-state index is 13.6. The monoisotopic (exact) mass is 494 g/mol. The van der Waals surface area contributed by atoms with Crippen molar-refractivity contribution < 1.29 is 19.1 Å². The molecular weight excluding hydrogens is 468 g/mol. The van der Waals surface area contributed by atoms with Crippen molar-refractivity contribution in [2.45, 2.75) is 39.0 Å². The fraction of sp³-hybridized carbons (Fsp3) is 0.296. The van der Waals surface area contributed by atoms with E-state index in [0.717, 1.165) is 5.56 Å². The van der Waals surface area contributed by atoms with Crippen molar-refractivity contribution in [1.82, 2.24) is 4.57 Å². The number of benzene rings is 2. The quantitative estimate of drug-likeness (QED) is 0.495. The normalized spacial score (nSPS) is 12.9. The SMILES string of the molecule is COc1cc(Cl)c(NC(=O)c2cc3c(n(-c4ccc(C(C)C)cc4)c2=O)CCCC3=O)c(OC)c1. The number of halogens is 1. The van der Waals surface area contributed by atoms with Crippen molar-refractivity contribution in [1.29, 1.82) is 0 Å². The number of rotatable bonds is 6. The zero-order valence-electron chi connectivity index (χ0n) is 20.1. The molecular formula is C27H27ClN2O5. The van der Waals surface area contributed by atoms with Gasteiger partial charge in [-0.25, -0.2) is 0 Å². The Hall–Kier alpha value is -3.58. The first-order valence-electron chi connectivity index (χ1n) is 11.4. The van der Waals surface area contributed by atoms with Gasteiger partial charge in [-0.1, -0.05) is 37.6 Å². The number of nitrogens with zero attached hydrogens (tertiary/aromatic N) is 1. The van der Waals surface area contributed by atoms with Crippen molar-refractivity contribution in [3.8, 4) is 17.2 Å². The Morgan fingerprint density at radius 3 is 2.37 bits per heavy atom. The molecule has 8 heteroatoms. The Bertz CT molecular complexity index is 1360. The molecule has 1 aromatic heterocycles. The number of pyridine rings is 1. The van der Waals surface area contributed by atoms with Gasteiger partial charge in [0.05, 0.1) is 19.2 Å². The molecule has 0 bridgehead atoms. The van der Waals surface area contributed by atoms with Crippen LogP contribution in [0.4, 0.5) is 5.69 Å². The molecule has 0 spiro atoms. The van der Waals surface area contributed by atoms with Crippen LogP contribution in [-0.2, 0) is 6.42 Å². The highest BCUT2D eigenvalue weighted by atomic mass is 35.5. The summed E-state index contributed by atoms with van der Waals surface area (Å²) in [4.78, 5) is 39.8. The van der Waals surface area contributed by atoms with Crippen LogP contribution < -0.4 is 20.3 Å². The smallest absolute Gasteiger partial charge is 0.268 e. The van der Waals surface area contributed by atoms with Gasteiger partial charge < -0.3 is 14.8 Å². The van der Waals surface area contributed by atoms with Gasteiger partial charge in [-0.2, -0.15) is 0 Å². The third kappa shape index (κ3) is 4.68. The summed E-state index contributed by atoms with van der Waals surface area (Å²) in [5.41, 5.74) is 2.30. The summed E-state index contributed by atoms with van der Waals surface area (Å²) < 4.78 is 12.0. The highest BCUT2D eigenvalue weighted by Gasteiger charge is 2.27. The lowest BCUT2D eigenvalue weighted by Gasteiger charge is -2.22. The van der Waals surface area contributed by atoms with Gasteiger partial charge in [0.1, 0.15) is 22.7 Å². The van der Waals surface area contributed by atoms with Gasteiger partial charge in [0, 0.05) is 35.5 Å². The summed E-state index contributed by atoms with van der Waals surface area (Å²) in [6.07, 6.45) is 1.60. The number of aromatic nitrogens is 1. The summed E-state index contributed by atoms with van der Waals surface area (Å²) in [5.74, 6) is 0.289. The highest BCUT2D eigenvalue weighted by molar-refractivity contribution is 6.34. The molecule has 4 rings (SSSR count). The predicted molar refractivity (Wildman–Crippen MR) is 136 cm³/mol. The Kier molecular flexibility index (Phi) is 6.98. The molecule has 2 aromatic carbocycles. The molecule has 1 aliphatic rings. The zero-order valence-corrected chi connectivity index (χ0v) is 20.9. The molecule has 1 aliphatic carbocycles. The van der Waals surface area contributed by atoms with Crippen LogP contribution in [0.1, 0.15) is 64.6 Å². The largest absolute Gasteiger partial charge is 0.497 e. The molecule has 1 N–H and O–H groups in total. The van der Waals surface area contributed by atoms with Gasteiger partial charge in [0.15, 0.2) is 5.78 Å². The first-order chi connectivity index (χ1) is 16.7. The molecule has 0 atom stereocenters. The second kappa shape index (κ2) is 9.96. The van der Waals surface area contributed by atoms with Gasteiger partial charge in [-0.15, -0.1) is 0 Å². The molecule has 35 heavy (non-hydrogen) atoms. The van der Waals surface area contributed by atoms with E-state index in [0.29, 0.717) is 47.9 Å². The number of ether oxygens (including phenoxy) is 2. The van der Waals surface area contributed by atoms with E-state index in [1.54, 1.807) is 6.07 Å². The van der Waals surface area contributed by atoms with Gasteiger partial charge in [0.25, 0.3) is 11.5 Å². The summed E-state index contributed by atoms with van der Waals surface area (Å²) in [5, 5.41) is 2.87. The molecule has 0 fully saturated rings. The molecule has 7 nitrogen and oxygen atoms in total. The maximum Gasteiger partial charge on any atom is 0.268 e. The first kappa shape index (κ1) is 24.5. The minimum absolute atomic E-state index is 0.0899. The van der Waals surface area contributed by atoms with Crippen LogP contribution in [0, 0.1) is 0 Å². The van der Waals surface area contributed by atoms with E-state index in [1.807, 2.05) is 24.3 Å². The van der Waals surface area contributed by atoms with Crippen molar-refractivity contribution >= 4 is 29.0 Å². The Balaban J connectivity index is 1.84. The third-order valence-electron chi connectivity index (χ3n) is 6.21. The van der Waals surface area contributed by atoms with Gasteiger partial charge in [-0.3, -0.25) is 19.0 Å². The fourth-order valence-corrected chi connectivity index (χ4v) is 4.52. The molecule has 182 valence electrons. The number of carbonyl (C=O) groups is 2. The minimum atomic E-state index is -0.686. The molecule has 0 saturated heterocycles. The van der Waals surface area contributed by atoms with Crippen molar-refractivity contribution in [2.24, 2.45) is 0 Å². The lowest BCUT2D eigenvalue weighted by Crippen LogP contribution is -2.33. The van der Waals surface area contributed by atoms with E-state index >= 15 is 0 Å². The van der Waals surface area contributed by atoms with Crippen LogP contribution in [0.5, 0.6) is 11.5 Å². The summed E-state index contributed by atoms with van der Waals surface area (Å²) in [7, 11) is 2.93. The number of anilines is 1. The van der Waals surface area contributed by atoms with E-state index < -0.39 is 11.5 Å². The number of fused-ring (bicyclic) bond motifs is 1. The average molecular weight is 495 g/mol. The summed E-state index contributed by atoms with van der Waals surface area (Å²) in [6.45, 7) is 4.18. The summed E-state index contributed by atoms with van der Waals surface area (Å²) in [6, 6.07) is 12.1. The van der Waals surface area contributed by atoms with Crippen LogP contribution in [0.2, 0.25) is 5.02 Å². The number of hydrogen-bond donors (Lipinski definition) is 1. The van der Waals surface area contributed by atoms with Crippen LogP contribution in [0.15, 0.2) is 47.3 Å². The number of carbonyl (C=O) groups excluding carboxylic acids is 2. The number of nitrogens with one attached hydrogen (secondary N) is 1. The van der Waals surface area contributed by atoms with Gasteiger partial charge >= 0.3 is 0 Å². The van der Waals surface area contributed by atoms with Crippen molar-refractivity contribution in [2.75, 3.05) is 19.5 Å². The third-order valence-corrected chi connectivity index (χ3v) is 6.50. The summed E-state index contributed by atoms with van der Waals surface area (Å²) >= 11 is 6.36. The molecule has 0 saturated carbocycles. The van der Waals surface area contributed by atoms with Gasteiger partial charge in [-0.05, 0) is 42.5 Å². The molecule has 3 aromatic rings. The second-order valence-corrected chi connectivity index (χ2v) is 9.13. The molecule has 0 unspecified atom stereocenters. The van der Waals surface area contributed by atoms with E-state index in [1.165, 1.54) is 30.9 Å². The zero-order chi connectivity index (χ0) is 25.3. The van der Waals surface area contributed by atoms with Gasteiger partial charge in [0.2, 0.25) is 0 Å². The maximum atomic E-state index is 13.6. The molecule has 1 amide bonds. The van der Waals surface area contributed by atoms with Crippen LogP contribution >= 0.6 is 11.6 Å². The van der Waals surface area contributed by atoms with E-state index in [2.05, 4.69) is 19.2 Å². The molecule has 0 aliphatic heterocycles. The number of ketones is 1. The Labute approximate surface area is 208 Å². The first-order valence-corrected chi connectivity index (χ1v) is 11.8. The standard InChI is InChI=1S/C27H27ClN2O5/c1-15(2)16-8-10-17(11-9-16)30-22-6-5-7-23(31)19(22)14-20(27(30)33)26(32)29-25-21(28)12-18(34-3)13-24(25)35-4/h8-15H,5-7H2,1-4H3,(H,29,32). The van der Waals surface area contributed by atoms with Crippen molar-refractivity contribution in [3.05, 3.63) is 80.2 Å². The van der Waals surface area contributed by atoms with E-state index in [4.69, 9.17) is 21.1 Å². The Morgan fingerprint density at radius 1 is 1.03 bits per heavy atom. The second-order valence-electron chi connectivity index (χ2n) is 8.72. The minimum Gasteiger partial charge on any atom is -0.497 e. The number of methoxy groups -OCH3 is 2. The Morgan fingerprint density at radius 2 is 1.74 bits per heavy atom. The van der Waals surface area contributed by atoms with E-state index in [-0.39, 0.29) is 27.8 Å². The van der Waals surface area contributed by atoms with Crippen LogP contribution in [-0.4, -0.2) is 30.5 Å².